The molecule has 0 spiro atoms. The Morgan fingerprint density at radius 2 is 1.95 bits per heavy atom. The normalized spacial score (nSPS) is 32.8. The second kappa shape index (κ2) is 6.53. The molecule has 3 atom stereocenters. The van der Waals surface area contributed by atoms with E-state index in [0.29, 0.717) is 25.3 Å². The molecule has 2 aliphatic carbocycles. The fourth-order valence-corrected chi connectivity index (χ4v) is 3.07. The number of hydrogen-bond acceptors (Lipinski definition) is 4. The van der Waals surface area contributed by atoms with Crippen LogP contribution in [0.25, 0.3) is 0 Å². The van der Waals surface area contributed by atoms with E-state index in [4.69, 9.17) is 4.74 Å². The summed E-state index contributed by atoms with van der Waals surface area (Å²) < 4.78 is 5.76. The number of nitrogens with one attached hydrogen (secondary N) is 1. The van der Waals surface area contributed by atoms with Gasteiger partial charge in [0.1, 0.15) is 0 Å². The minimum atomic E-state index is -0.449. The van der Waals surface area contributed by atoms with E-state index >= 15 is 0 Å². The lowest BCUT2D eigenvalue weighted by Crippen LogP contribution is -2.61. The van der Waals surface area contributed by atoms with Gasteiger partial charge >= 0.3 is 0 Å². The average molecular weight is 271 g/mol. The molecule has 2 saturated carbocycles. The molecule has 19 heavy (non-hydrogen) atoms. The van der Waals surface area contributed by atoms with Gasteiger partial charge in [0.2, 0.25) is 0 Å². The minimum absolute atomic E-state index is 0.0794. The third-order valence-corrected chi connectivity index (χ3v) is 4.89. The number of ether oxygens (including phenoxy) is 1. The Morgan fingerprint density at radius 3 is 2.53 bits per heavy atom. The van der Waals surface area contributed by atoms with Crippen molar-refractivity contribution in [3.63, 3.8) is 0 Å². The number of hydrogen-bond donors (Lipinski definition) is 3. The predicted molar refractivity (Wildman–Crippen MR) is 75.0 cm³/mol. The van der Waals surface area contributed by atoms with Crippen LogP contribution in [0.15, 0.2) is 0 Å². The van der Waals surface area contributed by atoms with Crippen molar-refractivity contribution in [1.82, 2.24) is 5.32 Å². The molecule has 4 heteroatoms. The van der Waals surface area contributed by atoms with E-state index in [-0.39, 0.29) is 11.5 Å². The van der Waals surface area contributed by atoms with Crippen LogP contribution in [0.1, 0.15) is 52.4 Å². The Balaban J connectivity index is 1.58. The van der Waals surface area contributed by atoms with Crippen molar-refractivity contribution in [1.29, 1.82) is 0 Å². The maximum absolute atomic E-state index is 9.93. The van der Waals surface area contributed by atoms with Crippen molar-refractivity contribution < 1.29 is 14.9 Å². The topological polar surface area (TPSA) is 61.7 Å². The van der Waals surface area contributed by atoms with Crippen LogP contribution in [-0.2, 0) is 4.74 Å². The van der Waals surface area contributed by atoms with Gasteiger partial charge in [0.05, 0.1) is 24.9 Å². The molecule has 0 aliphatic heterocycles. The van der Waals surface area contributed by atoms with Gasteiger partial charge < -0.3 is 20.3 Å². The van der Waals surface area contributed by atoms with E-state index in [1.165, 1.54) is 19.3 Å². The van der Waals surface area contributed by atoms with Crippen molar-refractivity contribution in [3.05, 3.63) is 0 Å². The summed E-state index contributed by atoms with van der Waals surface area (Å²) in [4.78, 5) is 0. The summed E-state index contributed by atoms with van der Waals surface area (Å²) in [6.07, 6.45) is 6.58. The first kappa shape index (κ1) is 15.2. The molecule has 0 aromatic carbocycles. The number of rotatable bonds is 6. The largest absolute Gasteiger partial charge is 0.392 e. The third kappa shape index (κ3) is 3.91. The lowest BCUT2D eigenvalue weighted by molar-refractivity contribution is -0.0788. The van der Waals surface area contributed by atoms with Crippen molar-refractivity contribution in [2.45, 2.75) is 76.7 Å². The average Bonchev–Trinajstić information content (AvgIpc) is 2.42. The highest BCUT2D eigenvalue weighted by Crippen LogP contribution is 2.40. The first-order valence-electron chi connectivity index (χ1n) is 7.71. The van der Waals surface area contributed by atoms with Crippen LogP contribution in [0.2, 0.25) is 0 Å². The van der Waals surface area contributed by atoms with Gasteiger partial charge in [-0.05, 0) is 19.3 Å². The van der Waals surface area contributed by atoms with Crippen LogP contribution in [0, 0.1) is 5.41 Å². The summed E-state index contributed by atoms with van der Waals surface area (Å²) in [5, 5.41) is 22.9. The predicted octanol–water partition coefficient (Wildman–Crippen LogP) is 1.45. The molecule has 2 fully saturated rings. The number of aliphatic hydroxyl groups is 2. The number of aliphatic hydroxyl groups excluding tert-OH is 2. The summed E-state index contributed by atoms with van der Waals surface area (Å²) in [6, 6.07) is 0.298. The molecule has 0 saturated heterocycles. The molecule has 2 rings (SSSR count). The van der Waals surface area contributed by atoms with E-state index in [1.807, 2.05) is 0 Å². The molecule has 2 aliphatic rings. The Morgan fingerprint density at radius 1 is 1.26 bits per heavy atom. The van der Waals surface area contributed by atoms with Crippen LogP contribution in [0.5, 0.6) is 0 Å². The van der Waals surface area contributed by atoms with Crippen molar-refractivity contribution in [2.75, 3.05) is 13.2 Å². The van der Waals surface area contributed by atoms with Gasteiger partial charge in [-0.3, -0.25) is 0 Å². The molecule has 112 valence electrons. The van der Waals surface area contributed by atoms with E-state index < -0.39 is 6.10 Å². The van der Waals surface area contributed by atoms with Gasteiger partial charge in [0, 0.05) is 18.0 Å². The fraction of sp³-hybridized carbons (Fsp3) is 1.00. The maximum atomic E-state index is 9.93. The lowest BCUT2D eigenvalue weighted by atomic mass is 9.64. The molecule has 0 aromatic rings. The molecule has 0 bridgehead atoms. The van der Waals surface area contributed by atoms with Crippen molar-refractivity contribution in [3.8, 4) is 0 Å². The lowest BCUT2D eigenvalue weighted by Gasteiger charge is -2.50. The first-order valence-corrected chi connectivity index (χ1v) is 7.71. The van der Waals surface area contributed by atoms with Gasteiger partial charge in [-0.15, -0.1) is 0 Å². The molecule has 0 heterocycles. The summed E-state index contributed by atoms with van der Waals surface area (Å²) in [7, 11) is 0. The van der Waals surface area contributed by atoms with Gasteiger partial charge in [0.15, 0.2) is 0 Å². The molecule has 3 unspecified atom stereocenters. The zero-order valence-corrected chi connectivity index (χ0v) is 12.3. The van der Waals surface area contributed by atoms with Gasteiger partial charge in [-0.2, -0.15) is 0 Å². The Labute approximate surface area is 116 Å². The molecule has 0 radical (unpaired) electrons. The standard InChI is InChI=1S/C15H29NO3/c1-15(2)13(8-14(15)18)16-9-11(17)10-19-12-6-4-3-5-7-12/h11-14,16-18H,3-10H2,1-2H3. The maximum Gasteiger partial charge on any atom is 0.0897 e. The zero-order valence-electron chi connectivity index (χ0n) is 12.3. The molecular weight excluding hydrogens is 242 g/mol. The Kier molecular flexibility index (Phi) is 5.23. The van der Waals surface area contributed by atoms with Crippen LogP contribution >= 0.6 is 0 Å². The smallest absolute Gasteiger partial charge is 0.0897 e. The van der Waals surface area contributed by atoms with Crippen LogP contribution < -0.4 is 5.32 Å². The molecule has 0 aromatic heterocycles. The highest BCUT2D eigenvalue weighted by Gasteiger charge is 2.46. The van der Waals surface area contributed by atoms with E-state index in [2.05, 4.69) is 19.2 Å². The SMILES string of the molecule is CC1(C)C(O)CC1NCC(O)COC1CCCCC1. The summed E-state index contributed by atoms with van der Waals surface area (Å²) in [5.41, 5.74) is -0.0794. The van der Waals surface area contributed by atoms with Crippen LogP contribution in [0.4, 0.5) is 0 Å². The van der Waals surface area contributed by atoms with E-state index in [9.17, 15) is 10.2 Å². The first-order chi connectivity index (χ1) is 9.00. The second-order valence-corrected chi connectivity index (χ2v) is 6.78. The summed E-state index contributed by atoms with van der Waals surface area (Å²) in [6.45, 7) is 5.09. The fourth-order valence-electron chi connectivity index (χ4n) is 3.07. The molecule has 4 nitrogen and oxygen atoms in total. The van der Waals surface area contributed by atoms with Gasteiger partial charge in [-0.1, -0.05) is 33.1 Å². The quantitative estimate of drug-likeness (QED) is 0.684. The Bertz CT molecular complexity index is 277. The molecule has 3 N–H and O–H groups in total. The van der Waals surface area contributed by atoms with Crippen molar-refractivity contribution >= 4 is 0 Å². The van der Waals surface area contributed by atoms with Gasteiger partial charge in [-0.25, -0.2) is 0 Å². The van der Waals surface area contributed by atoms with E-state index in [1.54, 1.807) is 0 Å². The highest BCUT2D eigenvalue weighted by molar-refractivity contribution is 5.01. The third-order valence-electron chi connectivity index (χ3n) is 4.89. The monoisotopic (exact) mass is 271 g/mol. The molecular formula is C15H29NO3. The van der Waals surface area contributed by atoms with E-state index in [0.717, 1.165) is 19.3 Å². The summed E-state index contributed by atoms with van der Waals surface area (Å²) >= 11 is 0. The second-order valence-electron chi connectivity index (χ2n) is 6.78. The van der Waals surface area contributed by atoms with Crippen LogP contribution in [0.3, 0.4) is 0 Å². The Hall–Kier alpha value is -0.160. The molecule has 0 amide bonds. The van der Waals surface area contributed by atoms with Crippen LogP contribution in [-0.4, -0.2) is 47.7 Å². The highest BCUT2D eigenvalue weighted by atomic mass is 16.5. The zero-order chi connectivity index (χ0) is 13.9. The van der Waals surface area contributed by atoms with Crippen molar-refractivity contribution in [2.24, 2.45) is 5.41 Å². The summed E-state index contributed by atoms with van der Waals surface area (Å²) in [5.74, 6) is 0. The minimum Gasteiger partial charge on any atom is -0.392 e. The van der Waals surface area contributed by atoms with Gasteiger partial charge in [0.25, 0.3) is 0 Å².